The molecule has 1 aromatic rings. The van der Waals surface area contributed by atoms with Gasteiger partial charge in [0.2, 0.25) is 0 Å². The number of aliphatic hydroxyl groups is 1. The minimum absolute atomic E-state index is 0.215. The maximum Gasteiger partial charge on any atom is 0.321 e. The number of nitrogens with zero attached hydrogens (tertiary/aromatic N) is 2. The Labute approximate surface area is 116 Å². The highest BCUT2D eigenvalue weighted by atomic mass is 35.5. The maximum atomic E-state index is 12.0. The lowest BCUT2D eigenvalue weighted by Crippen LogP contribution is -2.42. The minimum atomic E-state index is -0.312. The summed E-state index contributed by atoms with van der Waals surface area (Å²) in [6.45, 7) is 1.08. The van der Waals surface area contributed by atoms with Crippen LogP contribution in [0.3, 0.4) is 0 Å². The molecule has 1 fully saturated rings. The maximum absolute atomic E-state index is 12.0. The molecule has 2 N–H and O–H groups in total. The summed E-state index contributed by atoms with van der Waals surface area (Å²) in [7, 11) is 0. The summed E-state index contributed by atoms with van der Waals surface area (Å²) in [4.78, 5) is 13.6. The van der Waals surface area contributed by atoms with E-state index in [0.29, 0.717) is 42.2 Å². The number of hydrogen-bond acceptors (Lipinski definition) is 3. The molecule has 6 heteroatoms. The fraction of sp³-hybridized carbons (Fsp3) is 0.385. The first-order chi connectivity index (χ1) is 9.10. The number of anilines is 1. The van der Waals surface area contributed by atoms with Gasteiger partial charge in [0.25, 0.3) is 0 Å². The van der Waals surface area contributed by atoms with E-state index in [-0.39, 0.29) is 12.1 Å². The van der Waals surface area contributed by atoms with Gasteiger partial charge in [-0.1, -0.05) is 11.6 Å². The molecule has 1 heterocycles. The van der Waals surface area contributed by atoms with Gasteiger partial charge in [-0.3, -0.25) is 0 Å². The zero-order valence-electron chi connectivity index (χ0n) is 10.3. The average Bonchev–Trinajstić information content (AvgIpc) is 2.39. The van der Waals surface area contributed by atoms with Crippen molar-refractivity contribution < 1.29 is 9.90 Å². The number of halogens is 1. The zero-order chi connectivity index (χ0) is 13.8. The smallest absolute Gasteiger partial charge is 0.321 e. The van der Waals surface area contributed by atoms with Gasteiger partial charge in [-0.15, -0.1) is 0 Å². The molecule has 2 rings (SSSR count). The van der Waals surface area contributed by atoms with Crippen molar-refractivity contribution in [1.29, 1.82) is 5.26 Å². The Morgan fingerprint density at radius 2 is 2.16 bits per heavy atom. The van der Waals surface area contributed by atoms with E-state index < -0.39 is 0 Å². The molecular formula is C13H14ClN3O2. The second-order valence-electron chi connectivity index (χ2n) is 4.45. The van der Waals surface area contributed by atoms with E-state index in [1.807, 2.05) is 6.07 Å². The van der Waals surface area contributed by atoms with E-state index in [1.54, 1.807) is 23.1 Å². The lowest BCUT2D eigenvalue weighted by Gasteiger charge is -2.29. The van der Waals surface area contributed by atoms with Crippen LogP contribution in [0.15, 0.2) is 18.2 Å². The Balaban J connectivity index is 1.99. The molecule has 0 unspecified atom stereocenters. The van der Waals surface area contributed by atoms with Gasteiger partial charge in [0, 0.05) is 18.8 Å². The van der Waals surface area contributed by atoms with E-state index in [4.69, 9.17) is 16.9 Å². The fourth-order valence-corrected chi connectivity index (χ4v) is 2.18. The summed E-state index contributed by atoms with van der Waals surface area (Å²) in [5.74, 6) is 0. The standard InChI is InChI=1S/C13H14ClN3O2/c14-12-7-10(2-1-9(12)8-15)16-13(19)17-5-3-11(18)4-6-17/h1-2,7,11,18H,3-6H2,(H,16,19). The molecule has 5 nitrogen and oxygen atoms in total. The highest BCUT2D eigenvalue weighted by molar-refractivity contribution is 6.32. The van der Waals surface area contributed by atoms with E-state index >= 15 is 0 Å². The number of benzene rings is 1. The third-order valence-electron chi connectivity index (χ3n) is 3.09. The van der Waals surface area contributed by atoms with Crippen molar-refractivity contribution in [2.24, 2.45) is 0 Å². The Morgan fingerprint density at radius 3 is 2.74 bits per heavy atom. The summed E-state index contributed by atoms with van der Waals surface area (Å²) >= 11 is 5.90. The largest absolute Gasteiger partial charge is 0.393 e. The van der Waals surface area contributed by atoms with Crippen LogP contribution in [0.25, 0.3) is 0 Å². The number of amides is 2. The Hall–Kier alpha value is -1.77. The van der Waals surface area contributed by atoms with Gasteiger partial charge in [0.15, 0.2) is 0 Å². The molecule has 0 saturated carbocycles. The van der Waals surface area contributed by atoms with Gasteiger partial charge in [-0.2, -0.15) is 5.26 Å². The van der Waals surface area contributed by atoms with Gasteiger partial charge < -0.3 is 15.3 Å². The van der Waals surface area contributed by atoms with Crippen LogP contribution in [-0.4, -0.2) is 35.2 Å². The van der Waals surface area contributed by atoms with Gasteiger partial charge in [-0.05, 0) is 31.0 Å². The molecule has 2 amide bonds. The van der Waals surface area contributed by atoms with E-state index in [0.717, 1.165) is 0 Å². The van der Waals surface area contributed by atoms with Gasteiger partial charge in [-0.25, -0.2) is 4.79 Å². The molecule has 0 radical (unpaired) electrons. The normalized spacial score (nSPS) is 15.9. The average molecular weight is 280 g/mol. The number of urea groups is 1. The van der Waals surface area contributed by atoms with Crippen LogP contribution < -0.4 is 5.32 Å². The predicted octanol–water partition coefficient (Wildman–Crippen LogP) is 2.20. The predicted molar refractivity (Wildman–Crippen MR) is 72.0 cm³/mol. The lowest BCUT2D eigenvalue weighted by molar-refractivity contribution is 0.0972. The van der Waals surface area contributed by atoms with Crippen molar-refractivity contribution in [2.75, 3.05) is 18.4 Å². The number of rotatable bonds is 1. The fourth-order valence-electron chi connectivity index (χ4n) is 1.96. The number of piperidine rings is 1. The quantitative estimate of drug-likeness (QED) is 0.827. The highest BCUT2D eigenvalue weighted by Crippen LogP contribution is 2.21. The molecular weight excluding hydrogens is 266 g/mol. The van der Waals surface area contributed by atoms with Crippen molar-refractivity contribution in [3.8, 4) is 6.07 Å². The van der Waals surface area contributed by atoms with Gasteiger partial charge in [0.05, 0.1) is 16.7 Å². The molecule has 1 saturated heterocycles. The van der Waals surface area contributed by atoms with Crippen LogP contribution >= 0.6 is 11.6 Å². The third-order valence-corrected chi connectivity index (χ3v) is 3.41. The SMILES string of the molecule is N#Cc1ccc(NC(=O)N2CCC(O)CC2)cc1Cl. The van der Waals surface area contributed by atoms with Crippen LogP contribution in [0.4, 0.5) is 10.5 Å². The molecule has 0 spiro atoms. The molecule has 1 aliphatic rings. The number of aliphatic hydroxyl groups excluding tert-OH is 1. The third kappa shape index (κ3) is 3.37. The molecule has 100 valence electrons. The first-order valence-corrected chi connectivity index (χ1v) is 6.41. The number of nitriles is 1. The van der Waals surface area contributed by atoms with Gasteiger partial charge >= 0.3 is 6.03 Å². The first-order valence-electron chi connectivity index (χ1n) is 6.04. The summed E-state index contributed by atoms with van der Waals surface area (Å²) < 4.78 is 0. The first kappa shape index (κ1) is 13.7. The van der Waals surface area contributed by atoms with E-state index in [2.05, 4.69) is 5.32 Å². The van der Waals surface area contributed by atoms with Crippen LogP contribution in [0.1, 0.15) is 18.4 Å². The lowest BCUT2D eigenvalue weighted by atomic mass is 10.1. The van der Waals surface area contributed by atoms with Gasteiger partial charge in [0.1, 0.15) is 6.07 Å². The van der Waals surface area contributed by atoms with Crippen LogP contribution in [0, 0.1) is 11.3 Å². The van der Waals surface area contributed by atoms with Crippen LogP contribution in [-0.2, 0) is 0 Å². The van der Waals surface area contributed by atoms with Crippen LogP contribution in [0.2, 0.25) is 5.02 Å². The van der Waals surface area contributed by atoms with E-state index in [9.17, 15) is 9.90 Å². The van der Waals surface area contributed by atoms with Crippen molar-refractivity contribution in [3.63, 3.8) is 0 Å². The summed E-state index contributed by atoms with van der Waals surface area (Å²) in [6, 6.07) is 6.51. The second-order valence-corrected chi connectivity index (χ2v) is 4.86. The number of hydrogen-bond donors (Lipinski definition) is 2. The van der Waals surface area contributed by atoms with Crippen molar-refractivity contribution in [2.45, 2.75) is 18.9 Å². The highest BCUT2D eigenvalue weighted by Gasteiger charge is 2.21. The van der Waals surface area contributed by atoms with E-state index in [1.165, 1.54) is 0 Å². The molecule has 0 bridgehead atoms. The molecule has 0 aromatic heterocycles. The number of likely N-dealkylation sites (tertiary alicyclic amines) is 1. The molecule has 19 heavy (non-hydrogen) atoms. The monoisotopic (exact) mass is 279 g/mol. The Morgan fingerprint density at radius 1 is 1.47 bits per heavy atom. The Kier molecular flexibility index (Phi) is 4.25. The molecule has 1 aliphatic heterocycles. The molecule has 1 aromatic carbocycles. The number of carbonyl (C=O) groups is 1. The summed E-state index contributed by atoms with van der Waals surface area (Å²) in [5, 5.41) is 21.2. The number of carbonyl (C=O) groups excluding carboxylic acids is 1. The Bertz CT molecular complexity index is 519. The van der Waals surface area contributed by atoms with Crippen molar-refractivity contribution in [3.05, 3.63) is 28.8 Å². The molecule has 0 atom stereocenters. The topological polar surface area (TPSA) is 76.4 Å². The number of nitrogens with one attached hydrogen (secondary N) is 1. The van der Waals surface area contributed by atoms with Crippen molar-refractivity contribution in [1.82, 2.24) is 4.90 Å². The second kappa shape index (κ2) is 5.91. The molecule has 0 aliphatic carbocycles. The minimum Gasteiger partial charge on any atom is -0.393 e. The van der Waals surface area contributed by atoms with Crippen molar-refractivity contribution >= 4 is 23.3 Å². The summed E-state index contributed by atoms with van der Waals surface area (Å²) in [6.07, 6.45) is 0.886. The zero-order valence-corrected chi connectivity index (χ0v) is 11.0. The summed E-state index contributed by atoms with van der Waals surface area (Å²) in [5.41, 5.74) is 0.931. The van der Waals surface area contributed by atoms with Crippen LogP contribution in [0.5, 0.6) is 0 Å².